The molecule has 182 valence electrons. The first-order valence-electron chi connectivity index (χ1n) is 12.1. The second-order valence-electron chi connectivity index (χ2n) is 9.12. The van der Waals surface area contributed by atoms with E-state index in [0.717, 1.165) is 54.2 Å². The normalized spacial score (nSPS) is 13.0. The zero-order valence-corrected chi connectivity index (χ0v) is 20.8. The van der Waals surface area contributed by atoms with Crippen LogP contribution in [0.25, 0.3) is 17.2 Å². The Morgan fingerprint density at radius 1 is 1.03 bits per heavy atom. The van der Waals surface area contributed by atoms with Crippen molar-refractivity contribution in [3.8, 4) is 16.9 Å². The number of anilines is 1. The maximum absolute atomic E-state index is 13.1. The summed E-state index contributed by atoms with van der Waals surface area (Å²) >= 11 is 0. The van der Waals surface area contributed by atoms with Crippen LogP contribution in [0.3, 0.4) is 0 Å². The largest absolute Gasteiger partial charge is 0.493 e. The number of nitrogens with zero attached hydrogens (tertiary/aromatic N) is 1. The molecule has 0 saturated heterocycles. The molecule has 35 heavy (non-hydrogen) atoms. The van der Waals surface area contributed by atoms with E-state index < -0.39 is 0 Å². The number of ether oxygens (including phenoxy) is 2. The summed E-state index contributed by atoms with van der Waals surface area (Å²) < 4.78 is 11.1. The summed E-state index contributed by atoms with van der Waals surface area (Å²) in [4.78, 5) is 15.3. The average Bonchev–Trinajstić information content (AvgIpc) is 3.08. The predicted octanol–water partition coefficient (Wildman–Crippen LogP) is 5.93. The van der Waals surface area contributed by atoms with Crippen molar-refractivity contribution in [2.75, 3.05) is 39.2 Å². The number of fused-ring (bicyclic) bond motifs is 1. The molecule has 3 aromatic carbocycles. The molecule has 0 aromatic heterocycles. The fraction of sp³-hybridized carbons (Fsp3) is 0.300. The van der Waals surface area contributed by atoms with E-state index in [4.69, 9.17) is 9.47 Å². The van der Waals surface area contributed by atoms with Crippen molar-refractivity contribution >= 4 is 17.7 Å². The smallest absolute Gasteiger partial charge is 0.251 e. The highest BCUT2D eigenvalue weighted by Gasteiger charge is 2.16. The van der Waals surface area contributed by atoms with Gasteiger partial charge in [-0.25, -0.2) is 0 Å². The first-order valence-corrected chi connectivity index (χ1v) is 12.1. The minimum atomic E-state index is -0.0911. The van der Waals surface area contributed by atoms with E-state index in [2.05, 4.69) is 72.7 Å². The molecule has 0 spiro atoms. The summed E-state index contributed by atoms with van der Waals surface area (Å²) in [5, 5.41) is 3.05. The Hall–Kier alpha value is -3.41. The number of aryl methyl sites for hydroxylation is 1. The van der Waals surface area contributed by atoms with Gasteiger partial charge in [0.25, 0.3) is 5.91 Å². The molecule has 0 saturated carbocycles. The van der Waals surface area contributed by atoms with Crippen LogP contribution in [0.5, 0.6) is 5.75 Å². The van der Waals surface area contributed by atoms with Gasteiger partial charge in [-0.05, 0) is 67.4 Å². The van der Waals surface area contributed by atoms with E-state index in [9.17, 15) is 4.79 Å². The van der Waals surface area contributed by atoms with Crippen LogP contribution in [0.15, 0.2) is 72.3 Å². The lowest BCUT2D eigenvalue weighted by atomic mass is 10.00. The quantitative estimate of drug-likeness (QED) is 0.394. The number of hydrogen-bond donors (Lipinski definition) is 1. The highest BCUT2D eigenvalue weighted by atomic mass is 16.5. The Balaban J connectivity index is 1.43. The topological polar surface area (TPSA) is 50.8 Å². The molecule has 0 aliphatic carbocycles. The molecular formula is C30H34N2O3. The van der Waals surface area contributed by atoms with E-state index in [1.807, 2.05) is 24.3 Å². The number of benzene rings is 3. The third-order valence-electron chi connectivity index (χ3n) is 6.20. The number of hydrogen-bond acceptors (Lipinski definition) is 4. The van der Waals surface area contributed by atoms with Gasteiger partial charge < -0.3 is 19.7 Å². The first-order chi connectivity index (χ1) is 17.0. The van der Waals surface area contributed by atoms with Crippen LogP contribution in [-0.2, 0) is 16.1 Å². The summed E-state index contributed by atoms with van der Waals surface area (Å²) in [7, 11) is 3.83. The summed E-state index contributed by atoms with van der Waals surface area (Å²) in [5.74, 6) is 0.717. The molecule has 1 amide bonds. The average molecular weight is 471 g/mol. The fourth-order valence-corrected chi connectivity index (χ4v) is 4.20. The van der Waals surface area contributed by atoms with E-state index in [0.29, 0.717) is 18.6 Å². The maximum atomic E-state index is 13.1. The van der Waals surface area contributed by atoms with Crippen molar-refractivity contribution in [2.24, 2.45) is 0 Å². The minimum Gasteiger partial charge on any atom is -0.493 e. The van der Waals surface area contributed by atoms with Gasteiger partial charge in [0.05, 0.1) is 6.61 Å². The van der Waals surface area contributed by atoms with Crippen LogP contribution in [-0.4, -0.2) is 44.7 Å². The lowest BCUT2D eigenvalue weighted by Crippen LogP contribution is -2.20. The van der Waals surface area contributed by atoms with Crippen LogP contribution >= 0.6 is 0 Å². The number of carbonyl (C=O) groups excluding carboxylic acids is 1. The monoisotopic (exact) mass is 470 g/mol. The second kappa shape index (κ2) is 11.8. The molecule has 1 aliphatic heterocycles. The van der Waals surface area contributed by atoms with Crippen LogP contribution < -0.4 is 10.1 Å². The first kappa shape index (κ1) is 24.7. The van der Waals surface area contributed by atoms with Gasteiger partial charge in [-0.15, -0.1) is 0 Å². The van der Waals surface area contributed by atoms with Crippen molar-refractivity contribution in [2.45, 2.75) is 26.3 Å². The lowest BCUT2D eigenvalue weighted by molar-refractivity contribution is -0.113. The molecule has 0 unspecified atom stereocenters. The molecule has 0 fully saturated rings. The number of rotatable bonds is 9. The van der Waals surface area contributed by atoms with E-state index in [-0.39, 0.29) is 5.91 Å². The second-order valence-corrected chi connectivity index (χ2v) is 9.12. The Morgan fingerprint density at radius 3 is 2.51 bits per heavy atom. The number of carbonyl (C=O) groups is 1. The third kappa shape index (κ3) is 6.81. The standard InChI is InChI=1S/C30H34N2O3/c1-22-5-9-24(10-6-22)25-11-14-29-27(19-25)20-26(15-18-35-29)30(33)31-28-12-7-23(8-13-28)21-32(2)16-4-17-34-3/h5-14,19-20H,4,15-18,21H2,1-3H3,(H,31,33). The molecule has 4 rings (SSSR count). The van der Waals surface area contributed by atoms with Crippen LogP contribution in [0, 0.1) is 6.92 Å². The molecule has 5 heteroatoms. The summed E-state index contributed by atoms with van der Waals surface area (Å²) in [6.45, 7) is 5.17. The molecular weight excluding hydrogens is 436 g/mol. The van der Waals surface area contributed by atoms with E-state index in [1.54, 1.807) is 7.11 Å². The Morgan fingerprint density at radius 2 is 1.77 bits per heavy atom. The molecule has 1 aliphatic rings. The zero-order chi connectivity index (χ0) is 24.6. The number of nitrogens with one attached hydrogen (secondary N) is 1. The van der Waals surface area contributed by atoms with Crippen LogP contribution in [0.4, 0.5) is 5.69 Å². The summed E-state index contributed by atoms with van der Waals surface area (Å²) in [5.41, 5.74) is 7.12. The molecule has 0 bridgehead atoms. The highest BCUT2D eigenvalue weighted by molar-refractivity contribution is 6.07. The Labute approximate surface area is 208 Å². The van der Waals surface area contributed by atoms with Crippen molar-refractivity contribution in [3.63, 3.8) is 0 Å². The SMILES string of the molecule is COCCCN(C)Cc1ccc(NC(=O)C2=Cc3cc(-c4ccc(C)cc4)ccc3OCC2)cc1. The minimum absolute atomic E-state index is 0.0911. The van der Waals surface area contributed by atoms with Crippen molar-refractivity contribution in [3.05, 3.63) is 89.0 Å². The van der Waals surface area contributed by atoms with Gasteiger partial charge in [-0.3, -0.25) is 4.79 Å². The molecule has 0 radical (unpaired) electrons. The van der Waals surface area contributed by atoms with E-state index in [1.165, 1.54) is 11.1 Å². The molecule has 3 aromatic rings. The Bertz CT molecular complexity index is 1170. The number of amides is 1. The van der Waals surface area contributed by atoms with Gasteiger partial charge in [0.15, 0.2) is 0 Å². The zero-order valence-electron chi connectivity index (χ0n) is 20.8. The molecule has 1 heterocycles. The summed E-state index contributed by atoms with van der Waals surface area (Å²) in [6, 6.07) is 22.7. The highest BCUT2D eigenvalue weighted by Crippen LogP contribution is 2.31. The van der Waals surface area contributed by atoms with Gasteiger partial charge in [0, 0.05) is 50.1 Å². The number of methoxy groups -OCH3 is 1. The third-order valence-corrected chi connectivity index (χ3v) is 6.20. The molecule has 5 nitrogen and oxygen atoms in total. The van der Waals surface area contributed by atoms with Crippen molar-refractivity contribution in [1.82, 2.24) is 4.90 Å². The van der Waals surface area contributed by atoms with Gasteiger partial charge in [-0.1, -0.05) is 48.0 Å². The molecule has 1 N–H and O–H groups in total. The lowest BCUT2D eigenvalue weighted by Gasteiger charge is -2.16. The Kier molecular flexibility index (Phi) is 8.35. The predicted molar refractivity (Wildman–Crippen MR) is 143 cm³/mol. The molecule has 0 atom stereocenters. The van der Waals surface area contributed by atoms with Crippen molar-refractivity contribution in [1.29, 1.82) is 0 Å². The van der Waals surface area contributed by atoms with Crippen molar-refractivity contribution < 1.29 is 14.3 Å². The van der Waals surface area contributed by atoms with Gasteiger partial charge in [0.2, 0.25) is 0 Å². The van der Waals surface area contributed by atoms with Crippen LogP contribution in [0.2, 0.25) is 0 Å². The maximum Gasteiger partial charge on any atom is 0.251 e. The van der Waals surface area contributed by atoms with Crippen LogP contribution in [0.1, 0.15) is 29.5 Å². The van der Waals surface area contributed by atoms with Gasteiger partial charge >= 0.3 is 0 Å². The van der Waals surface area contributed by atoms with E-state index >= 15 is 0 Å². The van der Waals surface area contributed by atoms with Gasteiger partial charge in [0.1, 0.15) is 5.75 Å². The summed E-state index contributed by atoms with van der Waals surface area (Å²) in [6.07, 6.45) is 3.53. The fourth-order valence-electron chi connectivity index (χ4n) is 4.20. The van der Waals surface area contributed by atoms with Gasteiger partial charge in [-0.2, -0.15) is 0 Å².